The van der Waals surface area contributed by atoms with E-state index in [1.807, 2.05) is 47.0 Å². The van der Waals surface area contributed by atoms with Crippen molar-refractivity contribution in [2.24, 2.45) is 0 Å². The molecule has 0 atom stereocenters. The second-order valence-electron chi connectivity index (χ2n) is 12.4. The fourth-order valence-electron chi connectivity index (χ4n) is 5.90. The minimum absolute atomic E-state index is 0.326. The lowest BCUT2D eigenvalue weighted by molar-refractivity contribution is -0.676. The molecule has 1 aliphatic rings. The third-order valence-electron chi connectivity index (χ3n) is 8.78. The molecule has 5 aromatic rings. The molecule has 0 saturated carbocycles. The van der Waals surface area contributed by atoms with E-state index >= 15 is 0 Å². The van der Waals surface area contributed by atoms with E-state index in [9.17, 15) is 13.0 Å². The van der Waals surface area contributed by atoms with Crippen molar-refractivity contribution in [2.75, 3.05) is 17.2 Å². The maximum atomic E-state index is 10.6. The number of halogens is 2. The largest absolute Gasteiger partial charge is 0.748 e. The van der Waals surface area contributed by atoms with Crippen molar-refractivity contribution in [3.05, 3.63) is 124 Å². The average molecular weight is 837 g/mol. The highest BCUT2D eigenvalue weighted by Gasteiger charge is 2.26. The number of aryl methyl sites for hydroxylation is 1. The van der Waals surface area contributed by atoms with Gasteiger partial charge in [-0.3, -0.25) is 0 Å². The zero-order valence-corrected chi connectivity index (χ0v) is 33.3. The molecule has 6 rings (SSSR count). The molecule has 0 unspecified atom stereocenters. The van der Waals surface area contributed by atoms with Crippen LogP contribution in [0, 0.1) is 0 Å². The van der Waals surface area contributed by atoms with Crippen LogP contribution in [0.2, 0.25) is 0 Å². The number of oxazole rings is 1. The normalized spacial score (nSPS) is 13.6. The molecular formula is C41H44Br2N2O5S. The number of unbranched alkanes of at least 4 members (excludes halogenated alkanes) is 3. The van der Waals surface area contributed by atoms with Crippen molar-refractivity contribution >= 4 is 58.8 Å². The van der Waals surface area contributed by atoms with Gasteiger partial charge in [0, 0.05) is 39.8 Å². The van der Waals surface area contributed by atoms with Gasteiger partial charge >= 0.3 is 6.39 Å². The number of rotatable bonds is 13. The number of allylic oxidation sites excluding steroid dienone is 3. The molecule has 0 aliphatic carbocycles. The Morgan fingerprint density at radius 2 is 1.45 bits per heavy atom. The molecule has 0 spiro atoms. The topological polar surface area (TPSA) is 86.7 Å². The van der Waals surface area contributed by atoms with Crippen molar-refractivity contribution in [2.45, 2.75) is 65.8 Å². The van der Waals surface area contributed by atoms with Crippen LogP contribution in [0.5, 0.6) is 5.75 Å². The third kappa shape index (κ3) is 10.7. The highest BCUT2D eigenvalue weighted by atomic mass is 79.9. The summed E-state index contributed by atoms with van der Waals surface area (Å²) in [6.45, 7) is 8.10. The fraction of sp³-hybridized carbons (Fsp3) is 0.293. The zero-order valence-electron chi connectivity index (χ0n) is 29.3. The molecule has 0 radical (unpaired) electrons. The van der Waals surface area contributed by atoms with E-state index in [1.54, 1.807) is 6.39 Å². The Morgan fingerprint density at radius 3 is 2.06 bits per heavy atom. The number of ether oxygens (including phenoxy) is 1. The Kier molecular flexibility index (Phi) is 13.7. The van der Waals surface area contributed by atoms with Crippen LogP contribution in [0.1, 0.15) is 59.3 Å². The van der Waals surface area contributed by atoms with Crippen LogP contribution in [0.25, 0.3) is 33.4 Å². The highest BCUT2D eigenvalue weighted by Crippen LogP contribution is 2.42. The summed E-state index contributed by atoms with van der Waals surface area (Å²) in [6, 6.07) is 29.0. The van der Waals surface area contributed by atoms with Gasteiger partial charge in [0.15, 0.2) is 12.3 Å². The van der Waals surface area contributed by atoms with Crippen LogP contribution in [-0.2, 0) is 16.7 Å². The summed E-state index contributed by atoms with van der Waals surface area (Å²) in [5, 5.41) is 0. The first-order valence-corrected chi connectivity index (χ1v) is 20.6. The van der Waals surface area contributed by atoms with E-state index in [1.165, 1.54) is 35.2 Å². The van der Waals surface area contributed by atoms with Crippen LogP contribution in [0.4, 0.5) is 5.69 Å². The summed E-state index contributed by atoms with van der Waals surface area (Å²) >= 11 is 6.94. The van der Waals surface area contributed by atoms with Crippen molar-refractivity contribution in [3.8, 4) is 28.0 Å². The smallest absolute Gasteiger partial charge is 0.335 e. The van der Waals surface area contributed by atoms with E-state index < -0.39 is 10.1 Å². The van der Waals surface area contributed by atoms with Gasteiger partial charge in [0.1, 0.15) is 0 Å². The molecular weight excluding hydrogens is 792 g/mol. The summed E-state index contributed by atoms with van der Waals surface area (Å²) in [6.07, 6.45) is 11.5. The summed E-state index contributed by atoms with van der Waals surface area (Å²) in [5.41, 5.74) is 8.80. The van der Waals surface area contributed by atoms with Gasteiger partial charge in [-0.2, -0.15) is 4.57 Å². The Balaban J connectivity index is 0.000000199. The summed E-state index contributed by atoms with van der Waals surface area (Å²) in [7, 11) is -4.14. The molecule has 7 nitrogen and oxygen atoms in total. The highest BCUT2D eigenvalue weighted by molar-refractivity contribution is 9.10. The zero-order chi connectivity index (χ0) is 36.4. The Bertz CT molecular complexity index is 2090. The number of hydrogen-bond donors (Lipinski definition) is 0. The van der Waals surface area contributed by atoms with Crippen molar-refractivity contribution in [3.63, 3.8) is 0 Å². The second kappa shape index (κ2) is 18.2. The minimum Gasteiger partial charge on any atom is -0.748 e. The standard InChI is InChI=1S/C24H28BrNO.C17H16BrNO4S/c1-4-7-8-15-26-22-17-20(19-9-12-21(25)13-10-19)11-14-23(22)27-24(26)16-18(5-2)6-3;18-15-6-3-13(4-7-15)14-5-8-17-16(11-14)19(12-23-17)9-1-2-10-24(20,21)22/h5,9-14,16-17H,4,6-8,15H2,1-3H3;3-8,11-12H,1-2,9-10H2/b18-5+,24-16-;. The second-order valence-corrected chi connectivity index (χ2v) is 15.8. The van der Waals surface area contributed by atoms with E-state index in [4.69, 9.17) is 9.15 Å². The molecule has 0 amide bonds. The first kappa shape index (κ1) is 38.5. The lowest BCUT2D eigenvalue weighted by Gasteiger charge is -2.19. The maximum absolute atomic E-state index is 10.6. The van der Waals surface area contributed by atoms with E-state index in [0.29, 0.717) is 19.4 Å². The van der Waals surface area contributed by atoms with Gasteiger partial charge in [0.25, 0.3) is 5.52 Å². The lowest BCUT2D eigenvalue weighted by atomic mass is 10.0. The van der Waals surface area contributed by atoms with Crippen LogP contribution >= 0.6 is 31.9 Å². The lowest BCUT2D eigenvalue weighted by Crippen LogP contribution is -2.31. The van der Waals surface area contributed by atoms with Gasteiger partial charge in [-0.25, -0.2) is 8.42 Å². The average Bonchev–Trinajstić information content (AvgIpc) is 3.69. The minimum atomic E-state index is -4.14. The summed E-state index contributed by atoms with van der Waals surface area (Å²) in [5.74, 6) is 1.57. The Morgan fingerprint density at radius 1 is 0.824 bits per heavy atom. The van der Waals surface area contributed by atoms with E-state index in [-0.39, 0.29) is 5.75 Å². The molecule has 4 aromatic carbocycles. The number of aromatic nitrogens is 1. The Labute approximate surface area is 318 Å². The SMILES string of the molecule is C/C=C(/C=C1\Oc2ccc(-c3ccc(Br)cc3)cc2N1CCCCC)CC.O=S(=O)([O-])CCCC[n+]1coc2ccc(-c3ccc(Br)cc3)cc21. The van der Waals surface area contributed by atoms with Crippen LogP contribution in [0.3, 0.4) is 0 Å². The van der Waals surface area contributed by atoms with Gasteiger partial charge < -0.3 is 18.6 Å². The van der Waals surface area contributed by atoms with Gasteiger partial charge in [0.2, 0.25) is 11.5 Å². The van der Waals surface area contributed by atoms with Crippen LogP contribution < -0.4 is 14.2 Å². The van der Waals surface area contributed by atoms with Gasteiger partial charge in [-0.05, 0) is 96.5 Å². The Hall–Kier alpha value is -3.70. The van der Waals surface area contributed by atoms with Crippen LogP contribution in [0.15, 0.2) is 128 Å². The number of anilines is 1. The first-order chi connectivity index (χ1) is 24.6. The maximum Gasteiger partial charge on any atom is 0.335 e. The molecule has 0 fully saturated rings. The number of nitrogens with zero attached hydrogens (tertiary/aromatic N) is 2. The molecule has 0 saturated heterocycles. The van der Waals surface area contributed by atoms with E-state index in [0.717, 1.165) is 62.2 Å². The van der Waals surface area contributed by atoms with Crippen molar-refractivity contribution < 1.29 is 26.7 Å². The third-order valence-corrected chi connectivity index (χ3v) is 10.6. The first-order valence-electron chi connectivity index (χ1n) is 17.4. The molecule has 0 bridgehead atoms. The number of fused-ring (bicyclic) bond motifs is 2. The predicted molar refractivity (Wildman–Crippen MR) is 213 cm³/mol. The van der Waals surface area contributed by atoms with Gasteiger partial charge in [0.05, 0.1) is 15.8 Å². The van der Waals surface area contributed by atoms with E-state index in [2.05, 4.69) is 112 Å². The summed E-state index contributed by atoms with van der Waals surface area (Å²) in [4.78, 5) is 2.34. The molecule has 2 heterocycles. The molecule has 268 valence electrons. The number of hydrogen-bond acceptors (Lipinski definition) is 6. The van der Waals surface area contributed by atoms with Gasteiger partial charge in [-0.15, -0.1) is 0 Å². The van der Waals surface area contributed by atoms with Gasteiger partial charge in [-0.1, -0.05) is 101 Å². The van der Waals surface area contributed by atoms with Crippen LogP contribution in [-0.4, -0.2) is 25.3 Å². The molecule has 1 aromatic heterocycles. The fourth-order valence-corrected chi connectivity index (χ4v) is 6.99. The molecule has 0 N–H and O–H groups in total. The molecule has 10 heteroatoms. The predicted octanol–water partition coefficient (Wildman–Crippen LogP) is 11.2. The summed E-state index contributed by atoms with van der Waals surface area (Å²) < 4.78 is 47.8. The quantitative estimate of drug-likeness (QED) is 0.0667. The molecule has 51 heavy (non-hydrogen) atoms. The molecule has 1 aliphatic heterocycles. The monoisotopic (exact) mass is 834 g/mol. The van der Waals surface area contributed by atoms with Crippen molar-refractivity contribution in [1.29, 1.82) is 0 Å². The van der Waals surface area contributed by atoms with Crippen molar-refractivity contribution in [1.82, 2.24) is 0 Å². The number of benzene rings is 4.